The van der Waals surface area contributed by atoms with Gasteiger partial charge >= 0.3 is 11.9 Å². The van der Waals surface area contributed by atoms with Crippen LogP contribution < -0.4 is 20.7 Å². The van der Waals surface area contributed by atoms with Crippen LogP contribution in [0, 0.1) is 19.7 Å². The summed E-state index contributed by atoms with van der Waals surface area (Å²) in [6, 6.07) is 17.4. The van der Waals surface area contributed by atoms with Gasteiger partial charge in [-0.05, 0) is 90.9 Å². The van der Waals surface area contributed by atoms with Gasteiger partial charge in [0, 0.05) is 30.5 Å². The number of aliphatic hydroxyl groups is 2. The molecule has 3 aromatic carbocycles. The number of aliphatic hydroxyl groups excluding tert-OH is 2. The third-order valence-corrected chi connectivity index (χ3v) is 8.86. The molecule has 264 valence electrons. The van der Waals surface area contributed by atoms with E-state index in [1.165, 1.54) is 39.3 Å². The molecule has 0 fully saturated rings. The molecule has 0 radical (unpaired) electrons. The van der Waals surface area contributed by atoms with Gasteiger partial charge in [0.1, 0.15) is 28.3 Å². The van der Waals surface area contributed by atoms with E-state index < -0.39 is 48.0 Å². The van der Waals surface area contributed by atoms with Gasteiger partial charge in [-0.2, -0.15) is 0 Å². The lowest BCUT2D eigenvalue weighted by atomic mass is 9.90. The fourth-order valence-corrected chi connectivity index (χ4v) is 5.25. The van der Waals surface area contributed by atoms with Crippen molar-refractivity contribution in [1.29, 1.82) is 0 Å². The third-order valence-electron chi connectivity index (χ3n) is 8.86. The Labute approximate surface area is 289 Å². The monoisotopic (exact) mass is 688 g/mol. The molecule has 0 aliphatic carbocycles. The Kier molecular flexibility index (Phi) is 11.7. The Morgan fingerprint density at radius 2 is 1.40 bits per heavy atom. The number of anilines is 1. The zero-order chi connectivity index (χ0) is 36.8. The van der Waals surface area contributed by atoms with Crippen molar-refractivity contribution in [1.82, 2.24) is 15.6 Å². The summed E-state index contributed by atoms with van der Waals surface area (Å²) in [6.07, 6.45) is 1.46. The molecule has 2 unspecified atom stereocenters. The van der Waals surface area contributed by atoms with Crippen LogP contribution in [0.3, 0.4) is 0 Å². The van der Waals surface area contributed by atoms with Crippen LogP contribution in [0.2, 0.25) is 0 Å². The number of carboxylic acids is 2. The lowest BCUT2D eigenvalue weighted by Gasteiger charge is -2.24. The number of ether oxygens (including phenoxy) is 1. The second-order valence-corrected chi connectivity index (χ2v) is 12.4. The summed E-state index contributed by atoms with van der Waals surface area (Å²) in [7, 11) is 1.40. The van der Waals surface area contributed by atoms with Gasteiger partial charge in [0.15, 0.2) is 0 Å². The van der Waals surface area contributed by atoms with Crippen molar-refractivity contribution in [2.45, 2.75) is 51.9 Å². The van der Waals surface area contributed by atoms with Crippen molar-refractivity contribution in [2.75, 3.05) is 25.6 Å². The number of benzene rings is 3. The second kappa shape index (κ2) is 15.6. The number of halogens is 1. The van der Waals surface area contributed by atoms with Crippen molar-refractivity contribution < 1.29 is 43.9 Å². The molecule has 50 heavy (non-hydrogen) atoms. The first-order valence-corrected chi connectivity index (χ1v) is 15.7. The first kappa shape index (κ1) is 37.6. The van der Waals surface area contributed by atoms with Gasteiger partial charge in [0.05, 0.1) is 20.3 Å². The van der Waals surface area contributed by atoms with E-state index in [4.69, 9.17) is 4.74 Å². The molecule has 2 atom stereocenters. The number of nitrogens with one attached hydrogen (secondary N) is 3. The average molecular weight is 689 g/mol. The van der Waals surface area contributed by atoms with Crippen LogP contribution in [0.25, 0.3) is 22.3 Å². The number of carboxylic acid groups (broad SMARTS) is 2. The number of pyridine rings is 1. The molecule has 12 nitrogen and oxygen atoms in total. The smallest absolute Gasteiger partial charge is 0.326 e. The Morgan fingerprint density at radius 3 is 1.96 bits per heavy atom. The summed E-state index contributed by atoms with van der Waals surface area (Å²) in [6.45, 7) is 5.11. The summed E-state index contributed by atoms with van der Waals surface area (Å²) in [5.74, 6) is -3.30. The van der Waals surface area contributed by atoms with Gasteiger partial charge in [-0.25, -0.2) is 4.39 Å². The van der Waals surface area contributed by atoms with Gasteiger partial charge in [0.2, 0.25) is 0 Å². The van der Waals surface area contributed by atoms with Crippen LogP contribution in [-0.2, 0) is 22.7 Å². The molecule has 0 saturated carbocycles. The van der Waals surface area contributed by atoms with E-state index >= 15 is 4.39 Å². The van der Waals surface area contributed by atoms with Crippen molar-refractivity contribution in [3.63, 3.8) is 0 Å². The van der Waals surface area contributed by atoms with Crippen LogP contribution in [0.4, 0.5) is 10.1 Å². The van der Waals surface area contributed by atoms with E-state index in [0.29, 0.717) is 16.8 Å². The molecule has 4 rings (SSSR count). The van der Waals surface area contributed by atoms with Gasteiger partial charge in [-0.3, -0.25) is 30.0 Å². The quantitative estimate of drug-likeness (QED) is 0.0944. The fraction of sp³-hybridized carbons (Fsp3) is 0.297. The SMILES string of the molecule is COc1cc(-c2cccc(-c3cccc(NC(=O)c4ccc(CNC(C)(CO)C(=O)O)cn4)c3C)c2C)cc(F)c1CNC(C)(CO)C(=O)O. The number of amides is 1. The Morgan fingerprint density at radius 1 is 0.820 bits per heavy atom. The van der Waals surface area contributed by atoms with Gasteiger partial charge in [0.25, 0.3) is 5.91 Å². The van der Waals surface area contributed by atoms with E-state index in [1.54, 1.807) is 18.2 Å². The minimum absolute atomic E-state index is 0.119. The topological polar surface area (TPSA) is 190 Å². The van der Waals surface area contributed by atoms with Crippen molar-refractivity contribution in [2.24, 2.45) is 0 Å². The summed E-state index contributed by atoms with van der Waals surface area (Å²) in [5, 5.41) is 46.2. The second-order valence-electron chi connectivity index (χ2n) is 12.4. The zero-order valence-corrected chi connectivity index (χ0v) is 28.4. The predicted octanol–water partition coefficient (Wildman–Crippen LogP) is 4.28. The minimum Gasteiger partial charge on any atom is -0.496 e. The lowest BCUT2D eigenvalue weighted by molar-refractivity contribution is -0.146. The number of nitrogens with zero attached hydrogens (tertiary/aromatic N) is 1. The van der Waals surface area contributed by atoms with Crippen LogP contribution in [-0.4, -0.2) is 74.7 Å². The Balaban J connectivity index is 1.57. The number of rotatable bonds is 15. The number of hydrogen-bond donors (Lipinski definition) is 7. The zero-order valence-electron chi connectivity index (χ0n) is 28.4. The molecular formula is C37H41FN4O8. The maximum absolute atomic E-state index is 15.5. The summed E-state index contributed by atoms with van der Waals surface area (Å²) >= 11 is 0. The molecule has 0 spiro atoms. The maximum Gasteiger partial charge on any atom is 0.326 e. The van der Waals surface area contributed by atoms with Crippen LogP contribution in [0.1, 0.15) is 46.6 Å². The van der Waals surface area contributed by atoms with Gasteiger partial charge in [-0.1, -0.05) is 36.4 Å². The Hall–Kier alpha value is -5.21. The summed E-state index contributed by atoms with van der Waals surface area (Å²) in [4.78, 5) is 40.4. The van der Waals surface area contributed by atoms with E-state index in [2.05, 4.69) is 20.9 Å². The number of carbonyl (C=O) groups is 3. The van der Waals surface area contributed by atoms with Crippen LogP contribution >= 0.6 is 0 Å². The van der Waals surface area contributed by atoms with Crippen molar-refractivity contribution >= 4 is 23.5 Å². The number of aromatic nitrogens is 1. The van der Waals surface area contributed by atoms with Gasteiger partial charge in [-0.15, -0.1) is 0 Å². The first-order valence-electron chi connectivity index (χ1n) is 15.7. The average Bonchev–Trinajstić information content (AvgIpc) is 3.10. The Bertz CT molecular complexity index is 1900. The highest BCUT2D eigenvalue weighted by Gasteiger charge is 2.33. The molecule has 0 bridgehead atoms. The van der Waals surface area contributed by atoms with Crippen molar-refractivity contribution in [3.8, 4) is 28.0 Å². The lowest BCUT2D eigenvalue weighted by Crippen LogP contribution is -2.52. The van der Waals surface area contributed by atoms with E-state index in [1.807, 2.05) is 44.2 Å². The molecule has 0 aliphatic rings. The fourth-order valence-electron chi connectivity index (χ4n) is 5.25. The molecule has 4 aromatic rings. The largest absolute Gasteiger partial charge is 0.496 e. The standard InChI is InChI=1S/C37H41FN4O8/c1-21-25(24-14-29(38)28(32(15-24)50-5)18-41-37(4,20-44)35(48)49)8-6-9-26(21)27-10-7-11-30(22(27)2)42-33(45)31-13-12-23(16-39-31)17-40-36(3,19-43)34(46)47/h6-16,40-41,43-44H,17-20H2,1-5H3,(H,42,45)(H,46,47)(H,48,49). The number of carbonyl (C=O) groups excluding carboxylic acids is 1. The van der Waals surface area contributed by atoms with Crippen LogP contribution in [0.5, 0.6) is 5.75 Å². The predicted molar refractivity (Wildman–Crippen MR) is 185 cm³/mol. The molecule has 7 N–H and O–H groups in total. The van der Waals surface area contributed by atoms with Crippen molar-refractivity contribution in [3.05, 3.63) is 101 Å². The molecule has 1 amide bonds. The normalized spacial score (nSPS) is 13.6. The maximum atomic E-state index is 15.5. The number of methoxy groups -OCH3 is 1. The highest BCUT2D eigenvalue weighted by atomic mass is 19.1. The summed E-state index contributed by atoms with van der Waals surface area (Å²) < 4.78 is 21.0. The summed E-state index contributed by atoms with van der Waals surface area (Å²) in [5.41, 5.74) is 2.88. The number of hydrogen-bond acceptors (Lipinski definition) is 9. The highest BCUT2D eigenvalue weighted by molar-refractivity contribution is 6.04. The molecule has 0 saturated heterocycles. The molecule has 1 aromatic heterocycles. The number of aliphatic carboxylic acids is 2. The van der Waals surface area contributed by atoms with Gasteiger partial charge < -0.3 is 30.5 Å². The first-order chi connectivity index (χ1) is 23.7. The third kappa shape index (κ3) is 7.98. The molecular weight excluding hydrogens is 647 g/mol. The highest BCUT2D eigenvalue weighted by Crippen LogP contribution is 2.38. The van der Waals surface area contributed by atoms with E-state index in [0.717, 1.165) is 27.8 Å². The van der Waals surface area contributed by atoms with Crippen LogP contribution in [0.15, 0.2) is 66.9 Å². The molecule has 1 heterocycles. The van der Waals surface area contributed by atoms with E-state index in [-0.39, 0.29) is 30.1 Å². The molecule has 0 aliphatic heterocycles. The van der Waals surface area contributed by atoms with E-state index in [9.17, 15) is 34.8 Å². The minimum atomic E-state index is -1.67. The molecule has 13 heteroatoms.